The lowest BCUT2D eigenvalue weighted by Crippen LogP contribution is -2.36. The van der Waals surface area contributed by atoms with E-state index in [9.17, 15) is 4.79 Å². The Morgan fingerprint density at radius 3 is 2.71 bits per heavy atom. The van der Waals surface area contributed by atoms with E-state index in [4.69, 9.17) is 5.26 Å². The predicted octanol–water partition coefficient (Wildman–Crippen LogP) is 1.47. The highest BCUT2D eigenvalue weighted by molar-refractivity contribution is 5.81. The van der Waals surface area contributed by atoms with Crippen LogP contribution in [0.4, 0.5) is 5.69 Å². The van der Waals surface area contributed by atoms with Gasteiger partial charge in [0.1, 0.15) is 0 Å². The van der Waals surface area contributed by atoms with E-state index in [-0.39, 0.29) is 5.91 Å². The Kier molecular flexibility index (Phi) is 4.53. The van der Waals surface area contributed by atoms with E-state index in [1.165, 1.54) is 0 Å². The molecule has 17 heavy (non-hydrogen) atoms. The standard InChI is InChI=1S/C13H17N3O/c1-4-15(2)13(17)10-16(3)12-7-5-6-11(8-12)9-14/h5-8H,4,10H2,1-3H3. The third kappa shape index (κ3) is 3.49. The van der Waals surface area contributed by atoms with Crippen LogP contribution in [0.2, 0.25) is 0 Å². The van der Waals surface area contributed by atoms with Gasteiger partial charge in [-0.2, -0.15) is 5.26 Å². The molecule has 0 aliphatic heterocycles. The molecule has 90 valence electrons. The summed E-state index contributed by atoms with van der Waals surface area (Å²) in [5, 5.41) is 8.81. The minimum atomic E-state index is 0.0670. The van der Waals surface area contributed by atoms with Gasteiger partial charge in [-0.3, -0.25) is 4.79 Å². The maximum atomic E-state index is 11.7. The summed E-state index contributed by atoms with van der Waals surface area (Å²) in [5.74, 6) is 0.0670. The molecule has 0 fully saturated rings. The van der Waals surface area contributed by atoms with Gasteiger partial charge >= 0.3 is 0 Å². The highest BCUT2D eigenvalue weighted by atomic mass is 16.2. The number of likely N-dealkylation sites (N-methyl/N-ethyl adjacent to an activating group) is 2. The van der Waals surface area contributed by atoms with Crippen molar-refractivity contribution in [1.29, 1.82) is 5.26 Å². The van der Waals surface area contributed by atoms with Crippen LogP contribution in [-0.4, -0.2) is 38.0 Å². The number of amides is 1. The fraction of sp³-hybridized carbons (Fsp3) is 0.385. The predicted molar refractivity (Wildman–Crippen MR) is 67.7 cm³/mol. The third-order valence-corrected chi connectivity index (χ3v) is 2.69. The number of benzene rings is 1. The SMILES string of the molecule is CCN(C)C(=O)CN(C)c1cccc(C#N)c1. The topological polar surface area (TPSA) is 47.3 Å². The summed E-state index contributed by atoms with van der Waals surface area (Å²) in [6.07, 6.45) is 0. The van der Waals surface area contributed by atoms with E-state index < -0.39 is 0 Å². The summed E-state index contributed by atoms with van der Waals surface area (Å²) >= 11 is 0. The van der Waals surface area contributed by atoms with Crippen LogP contribution < -0.4 is 4.90 Å². The van der Waals surface area contributed by atoms with Crippen molar-refractivity contribution in [3.8, 4) is 6.07 Å². The van der Waals surface area contributed by atoms with E-state index in [2.05, 4.69) is 6.07 Å². The molecule has 1 rings (SSSR count). The fourth-order valence-electron chi connectivity index (χ4n) is 1.40. The lowest BCUT2D eigenvalue weighted by molar-refractivity contribution is -0.128. The number of hydrogen-bond acceptors (Lipinski definition) is 3. The monoisotopic (exact) mass is 231 g/mol. The molecule has 0 saturated heterocycles. The molecule has 0 atom stereocenters. The smallest absolute Gasteiger partial charge is 0.241 e. The molecular weight excluding hydrogens is 214 g/mol. The first-order valence-electron chi connectivity index (χ1n) is 5.53. The van der Waals surface area contributed by atoms with Gasteiger partial charge in [0.15, 0.2) is 0 Å². The zero-order chi connectivity index (χ0) is 12.8. The van der Waals surface area contributed by atoms with Crippen LogP contribution >= 0.6 is 0 Å². The zero-order valence-electron chi connectivity index (χ0n) is 10.5. The van der Waals surface area contributed by atoms with Crippen molar-refractivity contribution in [2.24, 2.45) is 0 Å². The van der Waals surface area contributed by atoms with Crippen LogP contribution in [0.15, 0.2) is 24.3 Å². The second-order valence-corrected chi connectivity index (χ2v) is 3.93. The Balaban J connectivity index is 2.73. The lowest BCUT2D eigenvalue weighted by atomic mass is 10.2. The van der Waals surface area contributed by atoms with Gasteiger partial charge in [0.05, 0.1) is 18.2 Å². The summed E-state index contributed by atoms with van der Waals surface area (Å²) in [6.45, 7) is 2.96. The Morgan fingerprint density at radius 2 is 2.12 bits per heavy atom. The van der Waals surface area contributed by atoms with Crippen LogP contribution in [0, 0.1) is 11.3 Å². The maximum absolute atomic E-state index is 11.7. The second-order valence-electron chi connectivity index (χ2n) is 3.93. The van der Waals surface area contributed by atoms with Crippen molar-refractivity contribution in [2.75, 3.05) is 32.1 Å². The molecule has 0 aromatic heterocycles. The molecule has 0 spiro atoms. The summed E-state index contributed by atoms with van der Waals surface area (Å²) in [6, 6.07) is 9.32. The normalized spacial score (nSPS) is 9.53. The molecule has 0 saturated carbocycles. The van der Waals surface area contributed by atoms with Gasteiger partial charge in [0, 0.05) is 26.3 Å². The van der Waals surface area contributed by atoms with Crippen molar-refractivity contribution >= 4 is 11.6 Å². The first-order chi connectivity index (χ1) is 8.08. The van der Waals surface area contributed by atoms with E-state index in [1.807, 2.05) is 31.0 Å². The molecule has 0 bridgehead atoms. The second kappa shape index (κ2) is 5.90. The molecule has 1 aromatic rings. The van der Waals surface area contributed by atoms with Crippen LogP contribution in [0.25, 0.3) is 0 Å². The van der Waals surface area contributed by atoms with Gasteiger partial charge in [-0.05, 0) is 25.1 Å². The Bertz CT molecular complexity index is 437. The molecule has 0 aliphatic rings. The largest absolute Gasteiger partial charge is 0.365 e. The van der Waals surface area contributed by atoms with E-state index >= 15 is 0 Å². The third-order valence-electron chi connectivity index (χ3n) is 2.69. The first-order valence-corrected chi connectivity index (χ1v) is 5.53. The molecule has 1 amide bonds. The van der Waals surface area contributed by atoms with Crippen LogP contribution in [0.1, 0.15) is 12.5 Å². The number of hydrogen-bond donors (Lipinski definition) is 0. The highest BCUT2D eigenvalue weighted by Crippen LogP contribution is 2.14. The molecular formula is C13H17N3O. The Labute approximate surface area is 102 Å². The highest BCUT2D eigenvalue weighted by Gasteiger charge is 2.10. The number of nitrogens with zero attached hydrogens (tertiary/aromatic N) is 3. The first kappa shape index (κ1) is 13.0. The lowest BCUT2D eigenvalue weighted by Gasteiger charge is -2.22. The molecule has 4 heteroatoms. The van der Waals surface area contributed by atoms with Gasteiger partial charge < -0.3 is 9.80 Å². The van der Waals surface area contributed by atoms with Crippen molar-refractivity contribution < 1.29 is 4.79 Å². The minimum Gasteiger partial charge on any atom is -0.365 e. The maximum Gasteiger partial charge on any atom is 0.241 e. The van der Waals surface area contributed by atoms with Crippen molar-refractivity contribution in [3.05, 3.63) is 29.8 Å². The quantitative estimate of drug-likeness (QED) is 0.788. The minimum absolute atomic E-state index is 0.0670. The summed E-state index contributed by atoms with van der Waals surface area (Å²) in [7, 11) is 3.62. The van der Waals surface area contributed by atoms with Crippen molar-refractivity contribution in [3.63, 3.8) is 0 Å². The van der Waals surface area contributed by atoms with Crippen LogP contribution in [-0.2, 0) is 4.79 Å². The molecule has 1 aromatic carbocycles. The average molecular weight is 231 g/mol. The van der Waals surface area contributed by atoms with Gasteiger partial charge in [0.2, 0.25) is 5.91 Å². The fourth-order valence-corrected chi connectivity index (χ4v) is 1.40. The Morgan fingerprint density at radius 1 is 1.41 bits per heavy atom. The van der Waals surface area contributed by atoms with Gasteiger partial charge in [-0.15, -0.1) is 0 Å². The van der Waals surface area contributed by atoms with Gasteiger partial charge in [-0.25, -0.2) is 0 Å². The van der Waals surface area contributed by atoms with Crippen LogP contribution in [0.3, 0.4) is 0 Å². The number of rotatable bonds is 4. The molecule has 0 radical (unpaired) electrons. The summed E-state index contributed by atoms with van der Waals surface area (Å²) in [5.41, 5.74) is 1.48. The van der Waals surface area contributed by atoms with Crippen LogP contribution in [0.5, 0.6) is 0 Å². The molecule has 4 nitrogen and oxygen atoms in total. The average Bonchev–Trinajstić information content (AvgIpc) is 2.37. The van der Waals surface area contributed by atoms with E-state index in [0.29, 0.717) is 18.7 Å². The van der Waals surface area contributed by atoms with Gasteiger partial charge in [-0.1, -0.05) is 6.07 Å². The zero-order valence-corrected chi connectivity index (χ0v) is 10.5. The summed E-state index contributed by atoms with van der Waals surface area (Å²) in [4.78, 5) is 15.2. The molecule has 0 N–H and O–H groups in total. The van der Waals surface area contributed by atoms with Crippen molar-refractivity contribution in [1.82, 2.24) is 4.90 Å². The van der Waals surface area contributed by atoms with E-state index in [1.54, 1.807) is 24.1 Å². The number of carbonyl (C=O) groups excluding carboxylic acids is 1. The molecule has 0 aliphatic carbocycles. The van der Waals surface area contributed by atoms with Crippen molar-refractivity contribution in [2.45, 2.75) is 6.92 Å². The number of nitriles is 1. The number of carbonyl (C=O) groups is 1. The Hall–Kier alpha value is -2.02. The molecule has 0 unspecified atom stereocenters. The van der Waals surface area contributed by atoms with Gasteiger partial charge in [0.25, 0.3) is 0 Å². The number of anilines is 1. The summed E-state index contributed by atoms with van der Waals surface area (Å²) < 4.78 is 0. The van der Waals surface area contributed by atoms with E-state index in [0.717, 1.165) is 5.69 Å². The molecule has 0 heterocycles.